The minimum atomic E-state index is 0.351. The minimum Gasteiger partial charge on any atom is -0.489 e. The molecule has 4 rings (SSSR count). The summed E-state index contributed by atoms with van der Waals surface area (Å²) >= 11 is 6.30. The summed E-state index contributed by atoms with van der Waals surface area (Å²) in [7, 11) is 0. The molecule has 2 aliphatic rings. The molecule has 0 spiro atoms. The van der Waals surface area contributed by atoms with E-state index < -0.39 is 0 Å². The summed E-state index contributed by atoms with van der Waals surface area (Å²) < 4.78 is 6.49. The number of hydrogen-bond donors (Lipinski definition) is 1. The third-order valence-corrected chi connectivity index (χ3v) is 5.07. The first-order chi connectivity index (χ1) is 10.3. The molecule has 2 fully saturated rings. The Bertz CT molecular complexity index is 647. The van der Waals surface area contributed by atoms with Crippen molar-refractivity contribution in [2.24, 2.45) is 11.8 Å². The largest absolute Gasteiger partial charge is 0.489 e. The molecule has 1 saturated heterocycles. The normalized spacial score (nSPS) is 23.4. The Kier molecular flexibility index (Phi) is 3.52. The monoisotopic (exact) mass is 301 g/mol. The first-order valence-corrected chi connectivity index (χ1v) is 8.25. The van der Waals surface area contributed by atoms with Crippen molar-refractivity contribution in [1.29, 1.82) is 0 Å². The molecule has 0 unspecified atom stereocenters. The van der Waals surface area contributed by atoms with Crippen LogP contribution in [-0.2, 0) is 0 Å². The predicted molar refractivity (Wildman–Crippen MR) is 87.1 cm³/mol. The maximum atomic E-state index is 6.49. The fraction of sp³-hybridized carbons (Fsp3) is 0.444. The average molecular weight is 302 g/mol. The van der Waals surface area contributed by atoms with Gasteiger partial charge in [0.1, 0.15) is 11.9 Å². The summed E-state index contributed by atoms with van der Waals surface area (Å²) in [5, 5.41) is 6.47. The van der Waals surface area contributed by atoms with Gasteiger partial charge in [0.15, 0.2) is 0 Å². The fourth-order valence-corrected chi connectivity index (χ4v) is 3.67. The maximum Gasteiger partial charge on any atom is 0.127 e. The Morgan fingerprint density at radius 3 is 2.52 bits per heavy atom. The van der Waals surface area contributed by atoms with E-state index in [0.717, 1.165) is 40.6 Å². The van der Waals surface area contributed by atoms with Gasteiger partial charge in [0.25, 0.3) is 0 Å². The van der Waals surface area contributed by atoms with E-state index in [0.29, 0.717) is 12.0 Å². The molecule has 2 aromatic carbocycles. The summed E-state index contributed by atoms with van der Waals surface area (Å²) in [5.41, 5.74) is 0. The highest BCUT2D eigenvalue weighted by molar-refractivity contribution is 6.35. The molecule has 0 aromatic heterocycles. The molecule has 21 heavy (non-hydrogen) atoms. The molecular weight excluding hydrogens is 282 g/mol. The highest BCUT2D eigenvalue weighted by atomic mass is 35.5. The van der Waals surface area contributed by atoms with Gasteiger partial charge >= 0.3 is 0 Å². The third kappa shape index (κ3) is 2.63. The Morgan fingerprint density at radius 2 is 1.81 bits per heavy atom. The van der Waals surface area contributed by atoms with Crippen molar-refractivity contribution in [1.82, 2.24) is 5.32 Å². The summed E-state index contributed by atoms with van der Waals surface area (Å²) in [5.74, 6) is 2.37. The van der Waals surface area contributed by atoms with Gasteiger partial charge in [-0.3, -0.25) is 0 Å². The molecule has 2 aromatic rings. The van der Waals surface area contributed by atoms with Gasteiger partial charge in [-0.15, -0.1) is 0 Å². The van der Waals surface area contributed by atoms with Crippen molar-refractivity contribution < 1.29 is 4.74 Å². The van der Waals surface area contributed by atoms with Crippen molar-refractivity contribution in [3.05, 3.63) is 41.4 Å². The van der Waals surface area contributed by atoms with Crippen LogP contribution < -0.4 is 10.1 Å². The van der Waals surface area contributed by atoms with Gasteiger partial charge in [0, 0.05) is 28.3 Å². The number of ether oxygens (including phenoxy) is 1. The van der Waals surface area contributed by atoms with Crippen LogP contribution in [0.15, 0.2) is 36.4 Å². The number of nitrogens with one attached hydrogen (secondary N) is 1. The van der Waals surface area contributed by atoms with Gasteiger partial charge in [-0.05, 0) is 43.9 Å². The van der Waals surface area contributed by atoms with Crippen LogP contribution in [0.2, 0.25) is 5.02 Å². The lowest BCUT2D eigenvalue weighted by Crippen LogP contribution is -2.30. The van der Waals surface area contributed by atoms with Crippen molar-refractivity contribution >= 4 is 22.4 Å². The predicted octanol–water partition coefficient (Wildman–Crippen LogP) is 4.26. The molecule has 1 aliphatic carbocycles. The van der Waals surface area contributed by atoms with E-state index in [1.54, 1.807) is 0 Å². The van der Waals surface area contributed by atoms with E-state index in [9.17, 15) is 0 Å². The van der Waals surface area contributed by atoms with Gasteiger partial charge in [-0.25, -0.2) is 0 Å². The van der Waals surface area contributed by atoms with Crippen LogP contribution in [0.1, 0.15) is 19.3 Å². The molecular formula is C18H20ClNO. The van der Waals surface area contributed by atoms with Crippen LogP contribution in [0.3, 0.4) is 0 Å². The van der Waals surface area contributed by atoms with Crippen LogP contribution in [0.5, 0.6) is 5.75 Å². The lowest BCUT2D eigenvalue weighted by molar-refractivity contribution is 0.123. The fourth-order valence-electron chi connectivity index (χ4n) is 3.44. The molecule has 0 amide bonds. The van der Waals surface area contributed by atoms with E-state index in [1.165, 1.54) is 19.3 Å². The Hall–Kier alpha value is -1.25. The standard InChI is InChI=1S/C18H20ClNO/c19-16-7-8-17(15-4-2-1-3-14(15)16)21-18(12-5-6-12)13-9-10-20-11-13/h1-4,7-8,12-13,18,20H,5-6,9-11H2/t13-,18-/m0/s1. The lowest BCUT2D eigenvalue weighted by Gasteiger charge is -2.25. The molecule has 1 heterocycles. The average Bonchev–Trinajstić information content (AvgIpc) is 3.21. The summed E-state index contributed by atoms with van der Waals surface area (Å²) in [6.45, 7) is 2.21. The minimum absolute atomic E-state index is 0.351. The number of benzene rings is 2. The smallest absolute Gasteiger partial charge is 0.127 e. The second-order valence-electron chi connectivity index (χ2n) is 6.26. The highest BCUT2D eigenvalue weighted by Gasteiger charge is 2.39. The SMILES string of the molecule is Clc1ccc(O[C@@H](C2CC2)[C@H]2CCNC2)c2ccccc12. The highest BCUT2D eigenvalue weighted by Crippen LogP contribution is 2.41. The molecule has 1 N–H and O–H groups in total. The van der Waals surface area contributed by atoms with Crippen LogP contribution in [-0.4, -0.2) is 19.2 Å². The van der Waals surface area contributed by atoms with Crippen molar-refractivity contribution in [2.45, 2.75) is 25.4 Å². The van der Waals surface area contributed by atoms with Crippen LogP contribution >= 0.6 is 11.6 Å². The topological polar surface area (TPSA) is 21.3 Å². The van der Waals surface area contributed by atoms with Gasteiger partial charge < -0.3 is 10.1 Å². The quantitative estimate of drug-likeness (QED) is 0.911. The number of rotatable bonds is 4. The van der Waals surface area contributed by atoms with E-state index in [4.69, 9.17) is 16.3 Å². The molecule has 0 radical (unpaired) electrons. The van der Waals surface area contributed by atoms with E-state index in [2.05, 4.69) is 23.5 Å². The van der Waals surface area contributed by atoms with Crippen molar-refractivity contribution in [3.8, 4) is 5.75 Å². The number of halogens is 1. The maximum absolute atomic E-state index is 6.49. The molecule has 1 saturated carbocycles. The Labute approximate surface area is 130 Å². The van der Waals surface area contributed by atoms with Crippen LogP contribution in [0.25, 0.3) is 10.8 Å². The zero-order valence-corrected chi connectivity index (χ0v) is 12.8. The second kappa shape index (κ2) is 5.51. The number of fused-ring (bicyclic) bond motifs is 1. The Morgan fingerprint density at radius 1 is 1.00 bits per heavy atom. The first kappa shape index (κ1) is 13.4. The van der Waals surface area contributed by atoms with Gasteiger partial charge in [-0.1, -0.05) is 35.9 Å². The molecule has 110 valence electrons. The van der Waals surface area contributed by atoms with Gasteiger partial charge in [0.05, 0.1) is 0 Å². The zero-order chi connectivity index (χ0) is 14.2. The van der Waals surface area contributed by atoms with E-state index >= 15 is 0 Å². The van der Waals surface area contributed by atoms with Gasteiger partial charge in [0.2, 0.25) is 0 Å². The third-order valence-electron chi connectivity index (χ3n) is 4.74. The van der Waals surface area contributed by atoms with Crippen molar-refractivity contribution in [2.75, 3.05) is 13.1 Å². The van der Waals surface area contributed by atoms with E-state index in [1.807, 2.05) is 18.2 Å². The molecule has 2 atom stereocenters. The molecule has 2 nitrogen and oxygen atoms in total. The number of hydrogen-bond acceptors (Lipinski definition) is 2. The van der Waals surface area contributed by atoms with Crippen molar-refractivity contribution in [3.63, 3.8) is 0 Å². The second-order valence-corrected chi connectivity index (χ2v) is 6.67. The summed E-state index contributed by atoms with van der Waals surface area (Å²) in [6, 6.07) is 12.2. The van der Waals surface area contributed by atoms with E-state index in [-0.39, 0.29) is 0 Å². The molecule has 1 aliphatic heterocycles. The molecule has 0 bridgehead atoms. The van der Waals surface area contributed by atoms with Crippen LogP contribution in [0, 0.1) is 11.8 Å². The Balaban J connectivity index is 1.67. The lowest BCUT2D eigenvalue weighted by atomic mass is 9.97. The zero-order valence-electron chi connectivity index (χ0n) is 12.0. The summed E-state index contributed by atoms with van der Waals surface area (Å²) in [6.07, 6.45) is 4.20. The first-order valence-electron chi connectivity index (χ1n) is 7.87. The van der Waals surface area contributed by atoms with Gasteiger partial charge in [-0.2, -0.15) is 0 Å². The molecule has 3 heteroatoms. The summed E-state index contributed by atoms with van der Waals surface area (Å²) in [4.78, 5) is 0. The van der Waals surface area contributed by atoms with Crippen LogP contribution in [0.4, 0.5) is 0 Å².